The van der Waals surface area contributed by atoms with Gasteiger partial charge in [0.15, 0.2) is 5.76 Å². The van der Waals surface area contributed by atoms with Gasteiger partial charge in [0.05, 0.1) is 0 Å². The molecule has 0 unspecified atom stereocenters. The van der Waals surface area contributed by atoms with E-state index >= 15 is 0 Å². The quantitative estimate of drug-likeness (QED) is 0.506. The molecule has 4 aliphatic rings. The zero-order valence-corrected chi connectivity index (χ0v) is 18.1. The summed E-state index contributed by atoms with van der Waals surface area (Å²) < 4.78 is 5.62. The second-order valence-corrected chi connectivity index (χ2v) is 10.3. The van der Waals surface area contributed by atoms with E-state index < -0.39 is 0 Å². The van der Waals surface area contributed by atoms with Crippen LogP contribution in [0.4, 0.5) is 11.4 Å². The summed E-state index contributed by atoms with van der Waals surface area (Å²) >= 11 is 0. The highest BCUT2D eigenvalue weighted by atomic mass is 16.3. The highest BCUT2D eigenvalue weighted by Gasteiger charge is 2.51. The van der Waals surface area contributed by atoms with E-state index in [4.69, 9.17) is 4.42 Å². The largest absolute Gasteiger partial charge is 0.451 e. The van der Waals surface area contributed by atoms with E-state index in [1.54, 1.807) is 18.2 Å². The lowest BCUT2D eigenvalue weighted by Gasteiger charge is -2.56. The number of carbonyl (C=O) groups is 2. The van der Waals surface area contributed by atoms with E-state index in [2.05, 4.69) is 10.6 Å². The molecule has 5 nitrogen and oxygen atoms in total. The van der Waals surface area contributed by atoms with Crippen LogP contribution in [0.15, 0.2) is 59.0 Å². The molecule has 4 saturated carbocycles. The zero-order chi connectivity index (χ0) is 21.7. The minimum atomic E-state index is -0.292. The lowest BCUT2D eigenvalue weighted by atomic mass is 9.49. The van der Waals surface area contributed by atoms with E-state index in [0.29, 0.717) is 17.7 Å². The summed E-state index contributed by atoms with van der Waals surface area (Å²) in [6.07, 6.45) is 8.52. The molecule has 2 amide bonds. The van der Waals surface area contributed by atoms with Crippen LogP contribution in [0.25, 0.3) is 11.0 Å². The van der Waals surface area contributed by atoms with E-state index in [1.165, 1.54) is 38.5 Å². The number of hydrogen-bond acceptors (Lipinski definition) is 3. The molecule has 7 rings (SSSR count). The van der Waals surface area contributed by atoms with E-state index in [1.807, 2.05) is 36.4 Å². The Hall–Kier alpha value is -3.08. The first-order valence-electron chi connectivity index (χ1n) is 11.7. The average molecular weight is 429 g/mol. The van der Waals surface area contributed by atoms with Crippen LogP contribution in [0.3, 0.4) is 0 Å². The summed E-state index contributed by atoms with van der Waals surface area (Å²) in [5.41, 5.74) is 2.35. The number of hydrogen-bond donors (Lipinski definition) is 2. The normalized spacial score (nSPS) is 28.1. The highest BCUT2D eigenvalue weighted by Crippen LogP contribution is 2.61. The van der Waals surface area contributed by atoms with Crippen molar-refractivity contribution >= 4 is 34.2 Å². The Kier molecular flexibility index (Phi) is 4.60. The van der Waals surface area contributed by atoms with E-state index in [-0.39, 0.29) is 23.0 Å². The van der Waals surface area contributed by atoms with E-state index in [0.717, 1.165) is 28.8 Å². The molecule has 0 saturated heterocycles. The monoisotopic (exact) mass is 428 g/mol. The molecule has 5 heteroatoms. The van der Waals surface area contributed by atoms with Gasteiger partial charge in [-0.1, -0.05) is 18.2 Å². The Labute approximate surface area is 187 Å². The van der Waals surface area contributed by atoms with Crippen molar-refractivity contribution in [3.63, 3.8) is 0 Å². The van der Waals surface area contributed by atoms with Crippen LogP contribution in [0, 0.1) is 23.2 Å². The molecule has 0 atom stereocenters. The van der Waals surface area contributed by atoms with Crippen molar-refractivity contribution in [3.05, 3.63) is 60.4 Å². The van der Waals surface area contributed by atoms with Crippen molar-refractivity contribution < 1.29 is 14.0 Å². The van der Waals surface area contributed by atoms with Crippen LogP contribution in [0.2, 0.25) is 0 Å². The number of para-hydroxylation sites is 1. The summed E-state index contributed by atoms with van der Waals surface area (Å²) in [7, 11) is 0. The van der Waals surface area contributed by atoms with Crippen LogP contribution >= 0.6 is 0 Å². The first-order chi connectivity index (χ1) is 15.5. The SMILES string of the molecule is O=C(CC12CC3CC(CC(C3)C1)C2)Nc1ccc(NC(=O)c2cc3ccccc3o2)cc1. The Morgan fingerprint density at radius 2 is 1.44 bits per heavy atom. The van der Waals surface area contributed by atoms with E-state index in [9.17, 15) is 9.59 Å². The predicted molar refractivity (Wildman–Crippen MR) is 124 cm³/mol. The lowest BCUT2D eigenvalue weighted by Crippen LogP contribution is -2.47. The molecule has 0 spiro atoms. The number of fused-ring (bicyclic) bond motifs is 1. The second kappa shape index (κ2) is 7.51. The van der Waals surface area contributed by atoms with Crippen LogP contribution in [0.1, 0.15) is 55.5 Å². The number of rotatable bonds is 5. The Bertz CT molecular complexity index is 1110. The Morgan fingerprint density at radius 1 is 0.844 bits per heavy atom. The molecule has 1 aromatic heterocycles. The van der Waals surface area contributed by atoms with Gasteiger partial charge in [-0.05, 0) is 98.1 Å². The number of anilines is 2. The number of furan rings is 1. The van der Waals surface area contributed by atoms with Gasteiger partial charge in [0.25, 0.3) is 5.91 Å². The molecule has 4 bridgehead atoms. The van der Waals surface area contributed by atoms with Gasteiger partial charge in [0.2, 0.25) is 5.91 Å². The van der Waals surface area contributed by atoms with Crippen molar-refractivity contribution in [1.82, 2.24) is 0 Å². The maximum absolute atomic E-state index is 12.8. The van der Waals surface area contributed by atoms with Crippen LogP contribution < -0.4 is 10.6 Å². The van der Waals surface area contributed by atoms with Crippen molar-refractivity contribution in [3.8, 4) is 0 Å². The number of amides is 2. The fourth-order valence-electron chi connectivity index (χ4n) is 6.98. The predicted octanol–water partition coefficient (Wildman–Crippen LogP) is 6.23. The fraction of sp³-hybridized carbons (Fsp3) is 0.407. The smallest absolute Gasteiger partial charge is 0.291 e. The molecule has 2 N–H and O–H groups in total. The lowest BCUT2D eigenvalue weighted by molar-refractivity contribution is -0.124. The van der Waals surface area contributed by atoms with Gasteiger partial charge < -0.3 is 15.1 Å². The van der Waals surface area contributed by atoms with Gasteiger partial charge in [-0.3, -0.25) is 9.59 Å². The number of benzene rings is 2. The fourth-order valence-corrected chi connectivity index (χ4v) is 6.98. The first kappa shape index (κ1) is 19.6. The summed E-state index contributed by atoms with van der Waals surface area (Å²) in [5.74, 6) is 2.65. The zero-order valence-electron chi connectivity index (χ0n) is 18.1. The molecule has 4 aliphatic carbocycles. The standard InChI is InChI=1S/C27H28N2O3/c30-25(16-27-13-17-9-18(14-27)11-19(10-17)15-27)28-21-5-7-22(8-6-21)29-26(31)24-12-20-3-1-2-4-23(20)32-24/h1-8,12,17-19H,9-11,13-16H2,(H,28,30)(H,29,31). The van der Waals surface area contributed by atoms with Gasteiger partial charge in [0.1, 0.15) is 5.58 Å². The molecule has 0 radical (unpaired) electrons. The van der Waals surface area contributed by atoms with Gasteiger partial charge in [-0.25, -0.2) is 0 Å². The van der Waals surface area contributed by atoms with Crippen molar-refractivity contribution in [2.45, 2.75) is 44.9 Å². The highest BCUT2D eigenvalue weighted by molar-refractivity contribution is 6.04. The van der Waals surface area contributed by atoms with Gasteiger partial charge in [-0.2, -0.15) is 0 Å². The third-order valence-corrected chi connectivity index (χ3v) is 7.78. The maximum atomic E-state index is 12.8. The van der Waals surface area contributed by atoms with Crippen LogP contribution in [-0.4, -0.2) is 11.8 Å². The molecular formula is C27H28N2O3. The van der Waals surface area contributed by atoms with Crippen LogP contribution in [-0.2, 0) is 4.79 Å². The Balaban J connectivity index is 1.07. The molecule has 0 aliphatic heterocycles. The third-order valence-electron chi connectivity index (χ3n) is 7.78. The van der Waals surface area contributed by atoms with Crippen molar-refractivity contribution in [1.29, 1.82) is 0 Å². The maximum Gasteiger partial charge on any atom is 0.291 e. The molecule has 4 fully saturated rings. The number of carbonyl (C=O) groups excluding carboxylic acids is 2. The molecule has 2 aromatic carbocycles. The second-order valence-electron chi connectivity index (χ2n) is 10.3. The number of nitrogens with one attached hydrogen (secondary N) is 2. The summed E-state index contributed by atoms with van der Waals surface area (Å²) in [6, 6.07) is 16.6. The van der Waals surface area contributed by atoms with Crippen LogP contribution in [0.5, 0.6) is 0 Å². The molecule has 3 aromatic rings. The van der Waals surface area contributed by atoms with Gasteiger partial charge in [-0.15, -0.1) is 0 Å². The summed E-state index contributed by atoms with van der Waals surface area (Å²) in [5, 5.41) is 6.83. The molecular weight excluding hydrogens is 400 g/mol. The summed E-state index contributed by atoms with van der Waals surface area (Å²) in [4.78, 5) is 25.4. The van der Waals surface area contributed by atoms with Crippen molar-refractivity contribution in [2.24, 2.45) is 23.2 Å². The van der Waals surface area contributed by atoms with Gasteiger partial charge >= 0.3 is 0 Å². The molecule has 1 heterocycles. The molecule has 32 heavy (non-hydrogen) atoms. The Morgan fingerprint density at radius 3 is 2.06 bits per heavy atom. The summed E-state index contributed by atoms with van der Waals surface area (Å²) in [6.45, 7) is 0. The average Bonchev–Trinajstić information content (AvgIpc) is 3.18. The minimum Gasteiger partial charge on any atom is -0.451 e. The third kappa shape index (κ3) is 3.70. The topological polar surface area (TPSA) is 71.3 Å². The first-order valence-corrected chi connectivity index (χ1v) is 11.7. The van der Waals surface area contributed by atoms with Crippen molar-refractivity contribution in [2.75, 3.05) is 10.6 Å². The van der Waals surface area contributed by atoms with Gasteiger partial charge in [0, 0.05) is 23.2 Å². The minimum absolute atomic E-state index is 0.117. The molecule has 164 valence electrons.